The van der Waals surface area contributed by atoms with Crippen molar-refractivity contribution in [2.24, 2.45) is 46.3 Å². The van der Waals surface area contributed by atoms with E-state index < -0.39 is 0 Å². The SMILES string of the molecule is CC[C@H]1CC[C@H]2[C@@H]3CC[C@H]4C(C(=O)c5ccccc5)CCC[C@]4(C)[C@H]3CC[C@]12C. The number of ketones is 1. The fourth-order valence-corrected chi connectivity index (χ4v) is 9.33. The van der Waals surface area contributed by atoms with E-state index in [1.807, 2.05) is 30.3 Å². The number of hydrogen-bond acceptors (Lipinski definition) is 1. The largest absolute Gasteiger partial charge is 0.294 e. The molecule has 0 heterocycles. The van der Waals surface area contributed by atoms with Crippen LogP contribution in [0.2, 0.25) is 0 Å². The summed E-state index contributed by atoms with van der Waals surface area (Å²) in [5.74, 6) is 5.01. The summed E-state index contributed by atoms with van der Waals surface area (Å²) in [4.78, 5) is 13.5. The van der Waals surface area contributed by atoms with Crippen LogP contribution < -0.4 is 0 Å². The van der Waals surface area contributed by atoms with Gasteiger partial charge in [-0.25, -0.2) is 0 Å². The molecule has 0 bridgehead atoms. The standard InChI is InChI=1S/C28H40O/c1-4-20-12-14-23-21-13-15-24-22(26(29)19-9-6-5-7-10-19)11-8-17-28(24,3)25(21)16-18-27(20,23)2/h5-7,9-10,20-25H,4,8,11-18H2,1-3H3/t20-,21-,22?,23-,24-,25-,27+,28-/m0/s1. The van der Waals surface area contributed by atoms with Crippen molar-refractivity contribution in [2.45, 2.75) is 85.0 Å². The lowest BCUT2D eigenvalue weighted by molar-refractivity contribution is -0.121. The number of fused-ring (bicyclic) bond motifs is 5. The van der Waals surface area contributed by atoms with Crippen molar-refractivity contribution in [3.05, 3.63) is 35.9 Å². The second kappa shape index (κ2) is 7.24. The molecule has 4 fully saturated rings. The first kappa shape index (κ1) is 19.8. The van der Waals surface area contributed by atoms with Gasteiger partial charge in [-0.3, -0.25) is 4.79 Å². The van der Waals surface area contributed by atoms with E-state index in [1.54, 1.807) is 0 Å². The Balaban J connectivity index is 1.42. The molecule has 0 N–H and O–H groups in total. The predicted octanol–water partition coefficient (Wildman–Crippen LogP) is 7.55. The van der Waals surface area contributed by atoms with Gasteiger partial charge in [-0.15, -0.1) is 0 Å². The van der Waals surface area contributed by atoms with E-state index in [0.717, 1.165) is 35.7 Å². The molecule has 1 aromatic carbocycles. The van der Waals surface area contributed by atoms with Crippen LogP contribution in [-0.4, -0.2) is 5.78 Å². The van der Waals surface area contributed by atoms with Crippen molar-refractivity contribution in [3.63, 3.8) is 0 Å². The fraction of sp³-hybridized carbons (Fsp3) is 0.750. The zero-order valence-electron chi connectivity index (χ0n) is 18.8. The molecule has 29 heavy (non-hydrogen) atoms. The van der Waals surface area contributed by atoms with Gasteiger partial charge < -0.3 is 0 Å². The number of rotatable bonds is 3. The zero-order valence-corrected chi connectivity index (χ0v) is 18.8. The van der Waals surface area contributed by atoms with Gasteiger partial charge in [0, 0.05) is 11.5 Å². The maximum absolute atomic E-state index is 13.5. The van der Waals surface area contributed by atoms with E-state index in [-0.39, 0.29) is 5.92 Å². The molecule has 0 saturated heterocycles. The molecule has 0 radical (unpaired) electrons. The van der Waals surface area contributed by atoms with E-state index in [2.05, 4.69) is 20.8 Å². The highest BCUT2D eigenvalue weighted by atomic mass is 16.1. The maximum Gasteiger partial charge on any atom is 0.166 e. The van der Waals surface area contributed by atoms with E-state index in [9.17, 15) is 4.79 Å². The van der Waals surface area contributed by atoms with E-state index in [4.69, 9.17) is 0 Å². The predicted molar refractivity (Wildman–Crippen MR) is 120 cm³/mol. The normalized spacial score (nSPS) is 46.4. The first-order chi connectivity index (χ1) is 14.0. The summed E-state index contributed by atoms with van der Waals surface area (Å²) < 4.78 is 0. The van der Waals surface area contributed by atoms with Crippen molar-refractivity contribution < 1.29 is 4.79 Å². The zero-order chi connectivity index (χ0) is 20.2. The van der Waals surface area contributed by atoms with Crippen molar-refractivity contribution in [1.82, 2.24) is 0 Å². The Hall–Kier alpha value is -1.11. The first-order valence-electron chi connectivity index (χ1n) is 12.6. The van der Waals surface area contributed by atoms with Crippen LogP contribution in [0, 0.1) is 46.3 Å². The molecule has 4 saturated carbocycles. The average Bonchev–Trinajstić information content (AvgIpc) is 3.09. The Bertz CT molecular complexity index is 753. The van der Waals surface area contributed by atoms with Crippen LogP contribution in [0.15, 0.2) is 30.3 Å². The van der Waals surface area contributed by atoms with Crippen LogP contribution in [0.25, 0.3) is 0 Å². The number of carbonyl (C=O) groups excluding carboxylic acids is 1. The summed E-state index contributed by atoms with van der Waals surface area (Å²) in [6.07, 6.45) is 13.6. The summed E-state index contributed by atoms with van der Waals surface area (Å²) in [6.45, 7) is 7.67. The topological polar surface area (TPSA) is 17.1 Å². The van der Waals surface area contributed by atoms with E-state index in [0.29, 0.717) is 22.5 Å². The van der Waals surface area contributed by atoms with Gasteiger partial charge in [-0.1, -0.05) is 63.9 Å². The molecule has 1 unspecified atom stereocenters. The fourth-order valence-electron chi connectivity index (χ4n) is 9.33. The first-order valence-corrected chi connectivity index (χ1v) is 12.6. The van der Waals surface area contributed by atoms with Gasteiger partial charge in [0.05, 0.1) is 0 Å². The van der Waals surface area contributed by atoms with Crippen molar-refractivity contribution in [1.29, 1.82) is 0 Å². The maximum atomic E-state index is 13.5. The molecule has 0 aromatic heterocycles. The lowest BCUT2D eigenvalue weighted by Gasteiger charge is -2.61. The van der Waals surface area contributed by atoms with Gasteiger partial charge in [0.15, 0.2) is 5.78 Å². The Kier molecular flexibility index (Phi) is 4.95. The molecule has 0 spiro atoms. The molecule has 158 valence electrons. The summed E-state index contributed by atoms with van der Waals surface area (Å²) in [5.41, 5.74) is 1.94. The van der Waals surface area contributed by atoms with Crippen LogP contribution in [0.1, 0.15) is 95.3 Å². The molecule has 8 atom stereocenters. The average molecular weight is 393 g/mol. The Labute approximate surface area is 178 Å². The summed E-state index contributed by atoms with van der Waals surface area (Å²) in [5, 5.41) is 0. The van der Waals surface area contributed by atoms with Gasteiger partial charge >= 0.3 is 0 Å². The molecule has 5 rings (SSSR count). The van der Waals surface area contributed by atoms with E-state index >= 15 is 0 Å². The minimum atomic E-state index is 0.261. The molecule has 1 aromatic rings. The van der Waals surface area contributed by atoms with Gasteiger partial charge in [0.25, 0.3) is 0 Å². The smallest absolute Gasteiger partial charge is 0.166 e. The quantitative estimate of drug-likeness (QED) is 0.485. The molecular weight excluding hydrogens is 352 g/mol. The third-order valence-corrected chi connectivity index (χ3v) is 10.7. The van der Waals surface area contributed by atoms with Gasteiger partial charge in [-0.2, -0.15) is 0 Å². The summed E-state index contributed by atoms with van der Waals surface area (Å²) in [7, 11) is 0. The van der Waals surface area contributed by atoms with Crippen LogP contribution in [-0.2, 0) is 0 Å². The molecule has 0 aliphatic heterocycles. The molecule has 0 amide bonds. The van der Waals surface area contributed by atoms with Crippen molar-refractivity contribution >= 4 is 5.78 Å². The lowest BCUT2D eigenvalue weighted by Crippen LogP contribution is -2.55. The minimum Gasteiger partial charge on any atom is -0.294 e. The van der Waals surface area contributed by atoms with Crippen molar-refractivity contribution in [2.75, 3.05) is 0 Å². The lowest BCUT2D eigenvalue weighted by atomic mass is 9.43. The second-order valence-corrected chi connectivity index (χ2v) is 11.5. The Morgan fingerprint density at radius 1 is 0.862 bits per heavy atom. The molecule has 1 nitrogen and oxygen atoms in total. The highest BCUT2D eigenvalue weighted by Crippen LogP contribution is 2.68. The monoisotopic (exact) mass is 392 g/mol. The van der Waals surface area contributed by atoms with Gasteiger partial charge in [0.2, 0.25) is 0 Å². The molecular formula is C28H40O. The second-order valence-electron chi connectivity index (χ2n) is 11.5. The highest BCUT2D eigenvalue weighted by molar-refractivity contribution is 5.98. The van der Waals surface area contributed by atoms with Gasteiger partial charge in [-0.05, 0) is 91.8 Å². The van der Waals surface area contributed by atoms with Crippen LogP contribution in [0.5, 0.6) is 0 Å². The summed E-state index contributed by atoms with van der Waals surface area (Å²) >= 11 is 0. The van der Waals surface area contributed by atoms with E-state index in [1.165, 1.54) is 57.8 Å². The highest BCUT2D eigenvalue weighted by Gasteiger charge is 2.60. The number of carbonyl (C=O) groups is 1. The summed E-state index contributed by atoms with van der Waals surface area (Å²) in [6, 6.07) is 10.2. The van der Waals surface area contributed by atoms with Crippen LogP contribution in [0.4, 0.5) is 0 Å². The third-order valence-electron chi connectivity index (χ3n) is 10.7. The molecule has 4 aliphatic rings. The number of Topliss-reactive ketones (excluding diaryl/α,β-unsaturated/α-hetero) is 1. The number of benzene rings is 1. The van der Waals surface area contributed by atoms with Gasteiger partial charge in [0.1, 0.15) is 0 Å². The Morgan fingerprint density at radius 2 is 1.59 bits per heavy atom. The third kappa shape index (κ3) is 2.89. The Morgan fingerprint density at radius 3 is 2.34 bits per heavy atom. The molecule has 4 aliphatic carbocycles. The van der Waals surface area contributed by atoms with Crippen LogP contribution >= 0.6 is 0 Å². The van der Waals surface area contributed by atoms with Crippen LogP contribution in [0.3, 0.4) is 0 Å². The minimum absolute atomic E-state index is 0.261. The number of hydrogen-bond donors (Lipinski definition) is 0. The van der Waals surface area contributed by atoms with Crippen molar-refractivity contribution in [3.8, 4) is 0 Å². The molecule has 1 heteroatoms.